The normalized spacial score (nSPS) is 17.9. The summed E-state index contributed by atoms with van der Waals surface area (Å²) in [4.78, 5) is 4.25. The number of hydrogen-bond donors (Lipinski definition) is 4. The predicted octanol–water partition coefficient (Wildman–Crippen LogP) is 1.86. The van der Waals surface area contributed by atoms with Gasteiger partial charge in [0.2, 0.25) is 0 Å². The first kappa shape index (κ1) is 22.2. The standard InChI is InChI=1S/C22H30N2O6/c25-19-5-1-3-17(21(19)27)15-23-7-11-29-13-9-24(10-14-30-12-8-23)16-18-4-2-6-20(26)22(18)28/h1-6,25-28H,7-16H2. The summed E-state index contributed by atoms with van der Waals surface area (Å²) in [5.41, 5.74) is 1.33. The fourth-order valence-corrected chi connectivity index (χ4v) is 3.41. The van der Waals surface area contributed by atoms with Gasteiger partial charge in [0.05, 0.1) is 26.4 Å². The van der Waals surface area contributed by atoms with Gasteiger partial charge in [0.25, 0.3) is 0 Å². The molecule has 3 rings (SSSR count). The van der Waals surface area contributed by atoms with E-state index in [1.807, 2.05) is 0 Å². The zero-order valence-corrected chi connectivity index (χ0v) is 17.0. The molecular formula is C22H30N2O6. The molecule has 0 unspecified atom stereocenters. The van der Waals surface area contributed by atoms with Crippen LogP contribution in [0.25, 0.3) is 0 Å². The number of hydrogen-bond acceptors (Lipinski definition) is 8. The highest BCUT2D eigenvalue weighted by atomic mass is 16.5. The van der Waals surface area contributed by atoms with Gasteiger partial charge in [-0.2, -0.15) is 0 Å². The molecule has 30 heavy (non-hydrogen) atoms. The second-order valence-electron chi connectivity index (χ2n) is 7.35. The molecule has 0 aromatic heterocycles. The van der Waals surface area contributed by atoms with Gasteiger partial charge in [-0.15, -0.1) is 0 Å². The minimum absolute atomic E-state index is 0.0868. The molecule has 8 nitrogen and oxygen atoms in total. The number of phenolic OH excluding ortho intramolecular Hbond substituents is 4. The molecule has 2 aromatic rings. The molecule has 0 saturated carbocycles. The van der Waals surface area contributed by atoms with Crippen LogP contribution in [0.15, 0.2) is 36.4 Å². The van der Waals surface area contributed by atoms with Crippen LogP contribution in [0.1, 0.15) is 11.1 Å². The summed E-state index contributed by atoms with van der Waals surface area (Å²) in [6.45, 7) is 5.81. The zero-order valence-electron chi connectivity index (χ0n) is 17.0. The van der Waals surface area contributed by atoms with Gasteiger partial charge in [0, 0.05) is 50.4 Å². The van der Waals surface area contributed by atoms with E-state index >= 15 is 0 Å². The second-order valence-corrected chi connectivity index (χ2v) is 7.35. The van der Waals surface area contributed by atoms with Gasteiger partial charge in [0.1, 0.15) is 0 Å². The maximum Gasteiger partial charge on any atom is 0.161 e. The van der Waals surface area contributed by atoms with E-state index in [0.29, 0.717) is 76.8 Å². The number of para-hydroxylation sites is 2. The first-order valence-corrected chi connectivity index (χ1v) is 10.1. The Hall–Kier alpha value is -2.52. The average molecular weight is 418 g/mol. The van der Waals surface area contributed by atoms with E-state index in [-0.39, 0.29) is 23.0 Å². The van der Waals surface area contributed by atoms with Gasteiger partial charge >= 0.3 is 0 Å². The SMILES string of the molecule is Oc1cccc(CN2CCOCCN(Cc3cccc(O)c3O)CCOCC2)c1O. The largest absolute Gasteiger partial charge is 0.504 e. The van der Waals surface area contributed by atoms with E-state index in [2.05, 4.69) is 9.80 Å². The van der Waals surface area contributed by atoms with E-state index in [0.717, 1.165) is 0 Å². The lowest BCUT2D eigenvalue weighted by molar-refractivity contribution is 0.0339. The molecule has 0 bridgehead atoms. The van der Waals surface area contributed by atoms with Crippen molar-refractivity contribution in [1.29, 1.82) is 0 Å². The van der Waals surface area contributed by atoms with E-state index in [1.54, 1.807) is 24.3 Å². The van der Waals surface area contributed by atoms with Crippen molar-refractivity contribution >= 4 is 0 Å². The van der Waals surface area contributed by atoms with Crippen molar-refractivity contribution in [1.82, 2.24) is 9.80 Å². The smallest absolute Gasteiger partial charge is 0.161 e. The van der Waals surface area contributed by atoms with Crippen LogP contribution in [0.2, 0.25) is 0 Å². The Balaban J connectivity index is 1.53. The van der Waals surface area contributed by atoms with Gasteiger partial charge in [0.15, 0.2) is 23.0 Å². The third-order valence-corrected chi connectivity index (χ3v) is 5.19. The van der Waals surface area contributed by atoms with E-state index in [9.17, 15) is 20.4 Å². The molecule has 4 N–H and O–H groups in total. The summed E-state index contributed by atoms with van der Waals surface area (Å²) in [6.07, 6.45) is 0. The van der Waals surface area contributed by atoms with Crippen LogP contribution in [0.3, 0.4) is 0 Å². The van der Waals surface area contributed by atoms with E-state index in [1.165, 1.54) is 12.1 Å². The van der Waals surface area contributed by atoms with E-state index in [4.69, 9.17) is 9.47 Å². The van der Waals surface area contributed by atoms with Crippen molar-refractivity contribution in [2.24, 2.45) is 0 Å². The van der Waals surface area contributed by atoms with Crippen molar-refractivity contribution in [2.45, 2.75) is 13.1 Å². The Morgan fingerprint density at radius 3 is 1.33 bits per heavy atom. The topological polar surface area (TPSA) is 106 Å². The van der Waals surface area contributed by atoms with Crippen molar-refractivity contribution < 1.29 is 29.9 Å². The summed E-state index contributed by atoms with van der Waals surface area (Å²) in [6, 6.07) is 9.94. The third-order valence-electron chi connectivity index (χ3n) is 5.19. The molecule has 1 aliphatic rings. The highest BCUT2D eigenvalue weighted by Crippen LogP contribution is 2.30. The molecule has 1 saturated heterocycles. The van der Waals surface area contributed by atoms with Crippen LogP contribution in [0, 0.1) is 0 Å². The van der Waals surface area contributed by atoms with Crippen molar-refractivity contribution in [3.05, 3.63) is 47.5 Å². The highest BCUT2D eigenvalue weighted by Gasteiger charge is 2.15. The quantitative estimate of drug-likeness (QED) is 0.558. The maximum atomic E-state index is 10.0. The molecule has 0 aliphatic carbocycles. The van der Waals surface area contributed by atoms with Crippen LogP contribution >= 0.6 is 0 Å². The fraction of sp³-hybridized carbons (Fsp3) is 0.455. The Morgan fingerprint density at radius 2 is 0.967 bits per heavy atom. The summed E-state index contributed by atoms with van der Waals surface area (Å²) < 4.78 is 11.6. The molecule has 8 heteroatoms. The Morgan fingerprint density at radius 1 is 0.600 bits per heavy atom. The van der Waals surface area contributed by atoms with Crippen LogP contribution in [0.5, 0.6) is 23.0 Å². The van der Waals surface area contributed by atoms with Gasteiger partial charge in [-0.25, -0.2) is 0 Å². The average Bonchev–Trinajstić information content (AvgIpc) is 2.72. The number of nitrogens with zero attached hydrogens (tertiary/aromatic N) is 2. The minimum Gasteiger partial charge on any atom is -0.504 e. The lowest BCUT2D eigenvalue weighted by atomic mass is 10.1. The molecule has 0 atom stereocenters. The van der Waals surface area contributed by atoms with Gasteiger partial charge in [-0.05, 0) is 12.1 Å². The van der Waals surface area contributed by atoms with E-state index < -0.39 is 0 Å². The zero-order chi connectivity index (χ0) is 21.3. The molecule has 0 radical (unpaired) electrons. The van der Waals surface area contributed by atoms with Gasteiger partial charge in [-0.3, -0.25) is 9.80 Å². The minimum atomic E-state index is -0.118. The fourth-order valence-electron chi connectivity index (χ4n) is 3.41. The third kappa shape index (κ3) is 6.24. The lowest BCUT2D eigenvalue weighted by Crippen LogP contribution is -2.35. The summed E-state index contributed by atoms with van der Waals surface area (Å²) in [7, 11) is 0. The number of aromatic hydroxyl groups is 4. The monoisotopic (exact) mass is 418 g/mol. The predicted molar refractivity (Wildman–Crippen MR) is 112 cm³/mol. The first-order chi connectivity index (χ1) is 14.5. The van der Waals surface area contributed by atoms with Crippen LogP contribution in [-0.2, 0) is 22.6 Å². The molecule has 0 amide bonds. The molecule has 2 aromatic carbocycles. The van der Waals surface area contributed by atoms with Crippen LogP contribution < -0.4 is 0 Å². The molecule has 0 spiro atoms. The molecule has 1 heterocycles. The lowest BCUT2D eigenvalue weighted by Gasteiger charge is -2.26. The van der Waals surface area contributed by atoms with Crippen molar-refractivity contribution in [2.75, 3.05) is 52.6 Å². The Kier molecular flexibility index (Phi) is 8.15. The number of phenols is 4. The molecular weight excluding hydrogens is 388 g/mol. The maximum absolute atomic E-state index is 10.0. The van der Waals surface area contributed by atoms with Crippen molar-refractivity contribution in [3.63, 3.8) is 0 Å². The molecule has 164 valence electrons. The summed E-state index contributed by atoms with van der Waals surface area (Å²) in [5.74, 6) is -0.410. The first-order valence-electron chi connectivity index (χ1n) is 10.1. The summed E-state index contributed by atoms with van der Waals surface area (Å²) >= 11 is 0. The number of ether oxygens (including phenoxy) is 2. The molecule has 1 aliphatic heterocycles. The highest BCUT2D eigenvalue weighted by molar-refractivity contribution is 5.44. The van der Waals surface area contributed by atoms with Crippen LogP contribution in [0.4, 0.5) is 0 Å². The van der Waals surface area contributed by atoms with Gasteiger partial charge < -0.3 is 29.9 Å². The Labute approximate surface area is 176 Å². The molecule has 1 fully saturated rings. The number of rotatable bonds is 4. The van der Waals surface area contributed by atoms with Crippen LogP contribution in [-0.4, -0.2) is 82.8 Å². The van der Waals surface area contributed by atoms with Crippen molar-refractivity contribution in [3.8, 4) is 23.0 Å². The Bertz CT molecular complexity index is 737. The summed E-state index contributed by atoms with van der Waals surface area (Å²) in [5, 5.41) is 39.5. The van der Waals surface area contributed by atoms with Gasteiger partial charge in [-0.1, -0.05) is 24.3 Å². The number of benzene rings is 2. The second kappa shape index (κ2) is 11.0.